The molecule has 0 aromatic carbocycles. The molecule has 2 amide bonds. The number of carbonyl (C=O) groups excluding carboxylic acids is 2. The predicted molar refractivity (Wildman–Crippen MR) is 67.9 cm³/mol. The van der Waals surface area contributed by atoms with Crippen molar-refractivity contribution in [3.05, 3.63) is 0 Å². The van der Waals surface area contributed by atoms with E-state index in [0.29, 0.717) is 24.1 Å². The highest BCUT2D eigenvalue weighted by Crippen LogP contribution is 2.20. The molecule has 0 spiro atoms. The average Bonchev–Trinajstić information content (AvgIpc) is 2.37. The Labute approximate surface area is 106 Å². The molecule has 0 aliphatic carbocycles. The fraction of sp³-hybridized carbons (Fsp3) is 0.818. The minimum atomic E-state index is -0.0449. The summed E-state index contributed by atoms with van der Waals surface area (Å²) in [5.41, 5.74) is 0. The monoisotopic (exact) mass is 257 g/mol. The number of thioether (sulfide) groups is 1. The lowest BCUT2D eigenvalue weighted by atomic mass is 10.2. The molecule has 2 N–H and O–H groups in total. The molecule has 2 saturated heterocycles. The number of hydrogen-bond acceptors (Lipinski definition) is 4. The quantitative estimate of drug-likeness (QED) is 0.711. The standard InChI is InChI=1S/C11H19N3O2S/c15-10-7-14(6-5-13-10)11(16)8-17-9-1-3-12-4-2-9/h9,12H,1-8H2,(H,13,15). The highest BCUT2D eigenvalue weighted by Gasteiger charge is 2.22. The van der Waals surface area contributed by atoms with Gasteiger partial charge in [-0.25, -0.2) is 0 Å². The summed E-state index contributed by atoms with van der Waals surface area (Å²) in [6, 6.07) is 0. The van der Waals surface area contributed by atoms with Crippen LogP contribution in [0.25, 0.3) is 0 Å². The molecule has 0 radical (unpaired) electrons. The number of nitrogens with one attached hydrogen (secondary N) is 2. The third-order valence-electron chi connectivity index (χ3n) is 3.12. The summed E-state index contributed by atoms with van der Waals surface area (Å²) in [6.45, 7) is 3.57. The third kappa shape index (κ3) is 3.89. The first-order valence-electron chi connectivity index (χ1n) is 6.12. The van der Waals surface area contributed by atoms with Crippen LogP contribution in [-0.4, -0.2) is 60.4 Å². The molecule has 2 fully saturated rings. The van der Waals surface area contributed by atoms with Gasteiger partial charge in [0.1, 0.15) is 0 Å². The molecule has 6 heteroatoms. The van der Waals surface area contributed by atoms with Crippen molar-refractivity contribution in [2.24, 2.45) is 0 Å². The molecule has 2 aliphatic rings. The third-order valence-corrected chi connectivity index (χ3v) is 4.48. The fourth-order valence-corrected chi connectivity index (χ4v) is 3.22. The van der Waals surface area contributed by atoms with Gasteiger partial charge >= 0.3 is 0 Å². The molecule has 0 saturated carbocycles. The Morgan fingerprint density at radius 2 is 2.12 bits per heavy atom. The minimum Gasteiger partial charge on any atom is -0.353 e. The van der Waals surface area contributed by atoms with Crippen LogP contribution in [0.5, 0.6) is 0 Å². The first-order valence-corrected chi connectivity index (χ1v) is 7.17. The van der Waals surface area contributed by atoms with Crippen molar-refractivity contribution in [2.45, 2.75) is 18.1 Å². The smallest absolute Gasteiger partial charge is 0.239 e. The van der Waals surface area contributed by atoms with Gasteiger partial charge in [0.15, 0.2) is 0 Å². The second-order valence-corrected chi connectivity index (χ2v) is 5.71. The van der Waals surface area contributed by atoms with Crippen LogP contribution in [0.3, 0.4) is 0 Å². The van der Waals surface area contributed by atoms with Crippen LogP contribution >= 0.6 is 11.8 Å². The SMILES string of the molecule is O=C1CN(C(=O)CSC2CCNCC2)CCN1. The maximum Gasteiger partial charge on any atom is 0.239 e. The van der Waals surface area contributed by atoms with Crippen LogP contribution in [0.15, 0.2) is 0 Å². The molecular weight excluding hydrogens is 238 g/mol. The number of amides is 2. The Bertz CT molecular complexity index is 292. The Morgan fingerprint density at radius 3 is 2.82 bits per heavy atom. The van der Waals surface area contributed by atoms with Gasteiger partial charge in [-0.1, -0.05) is 0 Å². The maximum atomic E-state index is 11.9. The van der Waals surface area contributed by atoms with Crippen molar-refractivity contribution in [2.75, 3.05) is 38.5 Å². The van der Waals surface area contributed by atoms with E-state index < -0.39 is 0 Å². The predicted octanol–water partition coefficient (Wildman–Crippen LogP) is -0.570. The zero-order valence-electron chi connectivity index (χ0n) is 9.91. The van der Waals surface area contributed by atoms with Crippen molar-refractivity contribution >= 4 is 23.6 Å². The lowest BCUT2D eigenvalue weighted by Gasteiger charge is -2.28. The van der Waals surface area contributed by atoms with Crippen molar-refractivity contribution in [1.82, 2.24) is 15.5 Å². The first-order chi connectivity index (χ1) is 8.25. The second-order valence-electron chi connectivity index (χ2n) is 4.43. The highest BCUT2D eigenvalue weighted by atomic mass is 32.2. The van der Waals surface area contributed by atoms with Crippen LogP contribution in [0.2, 0.25) is 0 Å². The molecular formula is C11H19N3O2S. The molecule has 0 bridgehead atoms. The van der Waals surface area contributed by atoms with Gasteiger partial charge < -0.3 is 15.5 Å². The van der Waals surface area contributed by atoms with Gasteiger partial charge in [0.25, 0.3) is 0 Å². The Balaban J connectivity index is 1.70. The van der Waals surface area contributed by atoms with Crippen LogP contribution in [0, 0.1) is 0 Å². The number of nitrogens with zero attached hydrogens (tertiary/aromatic N) is 1. The Morgan fingerprint density at radius 1 is 1.35 bits per heavy atom. The summed E-state index contributed by atoms with van der Waals surface area (Å²) >= 11 is 1.74. The Hall–Kier alpha value is -0.750. The summed E-state index contributed by atoms with van der Waals surface area (Å²) < 4.78 is 0. The summed E-state index contributed by atoms with van der Waals surface area (Å²) in [5.74, 6) is 0.567. The van der Waals surface area contributed by atoms with Crippen LogP contribution in [0.1, 0.15) is 12.8 Å². The van der Waals surface area contributed by atoms with E-state index in [4.69, 9.17) is 0 Å². The largest absolute Gasteiger partial charge is 0.353 e. The van der Waals surface area contributed by atoms with E-state index in [2.05, 4.69) is 10.6 Å². The second kappa shape index (κ2) is 6.26. The summed E-state index contributed by atoms with van der Waals surface area (Å²) in [7, 11) is 0. The van der Waals surface area contributed by atoms with Gasteiger partial charge in [0.05, 0.1) is 12.3 Å². The van der Waals surface area contributed by atoms with Crippen LogP contribution in [0.4, 0.5) is 0 Å². The van der Waals surface area contributed by atoms with Crippen LogP contribution in [-0.2, 0) is 9.59 Å². The molecule has 0 unspecified atom stereocenters. The van der Waals surface area contributed by atoms with Crippen molar-refractivity contribution in [3.8, 4) is 0 Å². The number of piperazine rings is 1. The molecule has 5 nitrogen and oxygen atoms in total. The molecule has 0 aromatic rings. The van der Waals surface area contributed by atoms with Gasteiger partial charge in [-0.2, -0.15) is 0 Å². The van der Waals surface area contributed by atoms with E-state index in [0.717, 1.165) is 25.9 Å². The van der Waals surface area contributed by atoms with Crippen LogP contribution < -0.4 is 10.6 Å². The van der Waals surface area contributed by atoms with Gasteiger partial charge in [-0.15, -0.1) is 11.8 Å². The minimum absolute atomic E-state index is 0.0449. The molecule has 96 valence electrons. The average molecular weight is 257 g/mol. The van der Waals surface area contributed by atoms with Gasteiger partial charge in [-0.05, 0) is 25.9 Å². The molecule has 2 rings (SSSR count). The van der Waals surface area contributed by atoms with E-state index in [9.17, 15) is 9.59 Å². The normalized spacial score (nSPS) is 22.4. The summed E-state index contributed by atoms with van der Waals surface area (Å²) in [6.07, 6.45) is 2.27. The molecule has 17 heavy (non-hydrogen) atoms. The topological polar surface area (TPSA) is 61.4 Å². The van der Waals surface area contributed by atoms with Crippen molar-refractivity contribution in [3.63, 3.8) is 0 Å². The highest BCUT2D eigenvalue weighted by molar-refractivity contribution is 8.00. The van der Waals surface area contributed by atoms with E-state index in [1.54, 1.807) is 16.7 Å². The number of piperidine rings is 1. The van der Waals surface area contributed by atoms with Gasteiger partial charge in [0, 0.05) is 18.3 Å². The molecule has 2 heterocycles. The number of rotatable bonds is 3. The van der Waals surface area contributed by atoms with Crippen molar-refractivity contribution in [1.29, 1.82) is 0 Å². The summed E-state index contributed by atoms with van der Waals surface area (Å²) in [5, 5.41) is 6.63. The van der Waals surface area contributed by atoms with E-state index in [-0.39, 0.29) is 18.4 Å². The van der Waals surface area contributed by atoms with Gasteiger partial charge in [-0.3, -0.25) is 9.59 Å². The van der Waals surface area contributed by atoms with E-state index in [1.807, 2.05) is 0 Å². The maximum absolute atomic E-state index is 11.9. The van der Waals surface area contributed by atoms with E-state index in [1.165, 1.54) is 0 Å². The zero-order valence-corrected chi connectivity index (χ0v) is 10.7. The number of hydrogen-bond donors (Lipinski definition) is 2. The molecule has 2 aliphatic heterocycles. The van der Waals surface area contributed by atoms with E-state index >= 15 is 0 Å². The molecule has 0 atom stereocenters. The Kier molecular flexibility index (Phi) is 4.67. The zero-order chi connectivity index (χ0) is 12.1. The van der Waals surface area contributed by atoms with Crippen molar-refractivity contribution < 1.29 is 9.59 Å². The summed E-state index contributed by atoms with van der Waals surface area (Å²) in [4.78, 5) is 24.7. The first kappa shape index (κ1) is 12.7. The lowest BCUT2D eigenvalue weighted by Crippen LogP contribution is -2.50. The number of carbonyl (C=O) groups is 2. The van der Waals surface area contributed by atoms with Gasteiger partial charge in [0.2, 0.25) is 11.8 Å². The lowest BCUT2D eigenvalue weighted by molar-refractivity contribution is -0.136. The fourth-order valence-electron chi connectivity index (χ4n) is 2.09. The molecule has 0 aromatic heterocycles.